The number of hydrogen-bond donors (Lipinski definition) is 0. The van der Waals surface area contributed by atoms with Gasteiger partial charge in [-0.1, -0.05) is 32.0 Å². The molecule has 8 heteroatoms. The molecule has 196 valence electrons. The second-order valence-electron chi connectivity index (χ2n) is 9.98. The Hall–Kier alpha value is -2.68. The minimum Gasteiger partial charge on any atom is -0.491 e. The van der Waals surface area contributed by atoms with E-state index in [1.54, 1.807) is 16.2 Å². The summed E-state index contributed by atoms with van der Waals surface area (Å²) in [6, 6.07) is 13.8. The molecule has 1 aromatic carbocycles. The summed E-state index contributed by atoms with van der Waals surface area (Å²) in [5.74, 6) is 1.10. The molecule has 0 bridgehead atoms. The topological polar surface area (TPSA) is 59.1 Å². The molecule has 5 rings (SSSR count). The Balaban J connectivity index is 1.32. The summed E-state index contributed by atoms with van der Waals surface area (Å²) in [5, 5.41) is 3.98. The molecule has 6 nitrogen and oxygen atoms in total. The highest BCUT2D eigenvalue weighted by Gasteiger charge is 2.34. The lowest BCUT2D eigenvalue weighted by Crippen LogP contribution is -2.49. The van der Waals surface area contributed by atoms with Crippen LogP contribution in [0.1, 0.15) is 64.3 Å². The summed E-state index contributed by atoms with van der Waals surface area (Å²) in [4.78, 5) is 32.6. The van der Waals surface area contributed by atoms with Gasteiger partial charge in [0.2, 0.25) is 5.91 Å². The second-order valence-corrected chi connectivity index (χ2v) is 11.9. The maximum atomic E-state index is 13.8. The molecule has 1 saturated heterocycles. The van der Waals surface area contributed by atoms with Gasteiger partial charge in [0.15, 0.2) is 0 Å². The first-order valence-corrected chi connectivity index (χ1v) is 14.8. The summed E-state index contributed by atoms with van der Waals surface area (Å²) in [6.45, 7) is 6.52. The Morgan fingerprint density at radius 1 is 1.14 bits per heavy atom. The Kier molecular flexibility index (Phi) is 8.27. The van der Waals surface area contributed by atoms with Crippen LogP contribution in [0, 0.1) is 0 Å². The van der Waals surface area contributed by atoms with Gasteiger partial charge in [-0.3, -0.25) is 9.59 Å². The number of benzene rings is 1. The van der Waals surface area contributed by atoms with Crippen molar-refractivity contribution in [1.29, 1.82) is 0 Å². The average molecular weight is 539 g/mol. The number of ether oxygens (including phenoxy) is 2. The first-order chi connectivity index (χ1) is 18.0. The normalized spacial score (nSPS) is 19.2. The molecule has 3 aromatic rings. The monoisotopic (exact) mass is 538 g/mol. The van der Waals surface area contributed by atoms with Gasteiger partial charge in [0, 0.05) is 24.6 Å². The zero-order valence-electron chi connectivity index (χ0n) is 21.4. The third kappa shape index (κ3) is 6.08. The summed E-state index contributed by atoms with van der Waals surface area (Å²) in [6.07, 6.45) is 2.71. The molecule has 0 spiro atoms. The van der Waals surface area contributed by atoms with Crippen LogP contribution in [0.5, 0.6) is 5.75 Å². The van der Waals surface area contributed by atoms with Crippen LogP contribution >= 0.6 is 22.7 Å². The van der Waals surface area contributed by atoms with Gasteiger partial charge in [-0.05, 0) is 71.3 Å². The van der Waals surface area contributed by atoms with E-state index in [0.29, 0.717) is 37.1 Å². The predicted molar refractivity (Wildman–Crippen MR) is 148 cm³/mol. The highest BCUT2D eigenvalue weighted by Crippen LogP contribution is 2.34. The summed E-state index contributed by atoms with van der Waals surface area (Å²) in [7, 11) is 0. The summed E-state index contributed by atoms with van der Waals surface area (Å²) >= 11 is 3.14. The first kappa shape index (κ1) is 25.9. The molecule has 0 N–H and O–H groups in total. The van der Waals surface area contributed by atoms with Crippen molar-refractivity contribution in [3.05, 3.63) is 74.1 Å². The largest absolute Gasteiger partial charge is 0.491 e. The van der Waals surface area contributed by atoms with Gasteiger partial charge in [-0.2, -0.15) is 0 Å². The predicted octanol–water partition coefficient (Wildman–Crippen LogP) is 5.76. The van der Waals surface area contributed by atoms with Crippen LogP contribution in [0.15, 0.2) is 53.2 Å². The number of fused-ring (bicyclic) bond motifs is 1. The fourth-order valence-electron chi connectivity index (χ4n) is 5.06. The van der Waals surface area contributed by atoms with Crippen LogP contribution in [-0.2, 0) is 16.0 Å². The van der Waals surface area contributed by atoms with Crippen LogP contribution < -0.4 is 4.74 Å². The number of nitrogens with zero attached hydrogens (tertiary/aromatic N) is 2. The zero-order chi connectivity index (χ0) is 25.8. The van der Waals surface area contributed by atoms with Crippen molar-refractivity contribution < 1.29 is 19.1 Å². The van der Waals surface area contributed by atoms with E-state index in [1.165, 1.54) is 21.8 Å². The summed E-state index contributed by atoms with van der Waals surface area (Å²) in [5.41, 5.74) is 2.42. The van der Waals surface area contributed by atoms with Crippen molar-refractivity contribution in [3.8, 4) is 5.75 Å². The second kappa shape index (κ2) is 11.8. The number of thiophene rings is 2. The Morgan fingerprint density at radius 2 is 1.97 bits per heavy atom. The van der Waals surface area contributed by atoms with E-state index in [9.17, 15) is 9.59 Å². The maximum Gasteiger partial charge on any atom is 0.264 e. The third-order valence-corrected chi connectivity index (χ3v) is 9.02. The number of amides is 2. The van der Waals surface area contributed by atoms with E-state index in [0.717, 1.165) is 30.6 Å². The van der Waals surface area contributed by atoms with Gasteiger partial charge in [0.25, 0.3) is 5.91 Å². The molecule has 0 radical (unpaired) electrons. The Morgan fingerprint density at radius 3 is 2.68 bits per heavy atom. The standard InChI is InChI=1S/C29H34N2O4S2/c1-20(2)21-7-9-22(10-8-21)35-19-25-24-12-16-37-26(24)11-13-31(25)28(32)18-30(17-23-5-3-14-34-23)29(33)27-6-4-15-36-27/h4,6-10,12,15-16,20,23,25H,3,5,11,13-14,17-19H2,1-2H3. The van der Waals surface area contributed by atoms with Crippen LogP contribution in [0.25, 0.3) is 0 Å². The van der Waals surface area contributed by atoms with Gasteiger partial charge in [0.05, 0.1) is 17.0 Å². The average Bonchev–Trinajstić information content (AvgIpc) is 3.69. The Bertz CT molecular complexity index is 1180. The molecule has 0 saturated carbocycles. The van der Waals surface area contributed by atoms with Crippen LogP contribution in [0.4, 0.5) is 0 Å². The highest BCUT2D eigenvalue weighted by atomic mass is 32.1. The minimum absolute atomic E-state index is 0.0190. The van der Waals surface area contributed by atoms with E-state index < -0.39 is 0 Å². The molecule has 2 amide bonds. The van der Waals surface area contributed by atoms with E-state index >= 15 is 0 Å². The lowest BCUT2D eigenvalue weighted by Gasteiger charge is -2.37. The smallest absolute Gasteiger partial charge is 0.264 e. The SMILES string of the molecule is CC(C)c1ccc(OCC2c3ccsc3CCN2C(=O)CN(CC2CCCO2)C(=O)c2cccs2)cc1. The minimum atomic E-state index is -0.186. The maximum absolute atomic E-state index is 13.8. The molecular weight excluding hydrogens is 504 g/mol. The van der Waals surface area contributed by atoms with Crippen LogP contribution in [0.2, 0.25) is 0 Å². The fourth-order valence-corrected chi connectivity index (χ4v) is 6.68. The van der Waals surface area contributed by atoms with Gasteiger partial charge < -0.3 is 19.3 Å². The molecule has 0 aliphatic carbocycles. The molecule has 37 heavy (non-hydrogen) atoms. The first-order valence-electron chi connectivity index (χ1n) is 13.0. The number of carbonyl (C=O) groups excluding carboxylic acids is 2. The molecule has 2 aliphatic rings. The lowest BCUT2D eigenvalue weighted by molar-refractivity contribution is -0.135. The van der Waals surface area contributed by atoms with E-state index in [4.69, 9.17) is 9.47 Å². The van der Waals surface area contributed by atoms with Crippen molar-refractivity contribution in [2.24, 2.45) is 0 Å². The van der Waals surface area contributed by atoms with E-state index in [-0.39, 0.29) is 30.5 Å². The van der Waals surface area contributed by atoms with Crippen molar-refractivity contribution in [3.63, 3.8) is 0 Å². The number of hydrogen-bond acceptors (Lipinski definition) is 6. The molecule has 1 fully saturated rings. The van der Waals surface area contributed by atoms with Gasteiger partial charge in [-0.15, -0.1) is 22.7 Å². The Labute approximate surface area is 226 Å². The van der Waals surface area contributed by atoms with Crippen LogP contribution in [-0.4, -0.2) is 60.6 Å². The lowest BCUT2D eigenvalue weighted by atomic mass is 10.00. The molecule has 2 unspecified atom stereocenters. The zero-order valence-corrected chi connectivity index (χ0v) is 23.1. The van der Waals surface area contributed by atoms with Crippen molar-refractivity contribution >= 4 is 34.5 Å². The molecular formula is C29H34N2O4S2. The van der Waals surface area contributed by atoms with Gasteiger partial charge in [0.1, 0.15) is 18.9 Å². The molecule has 4 heterocycles. The van der Waals surface area contributed by atoms with Gasteiger partial charge in [-0.25, -0.2) is 0 Å². The fraction of sp³-hybridized carbons (Fsp3) is 0.448. The van der Waals surface area contributed by atoms with Crippen molar-refractivity contribution in [2.75, 3.05) is 32.8 Å². The number of carbonyl (C=O) groups is 2. The summed E-state index contributed by atoms with van der Waals surface area (Å²) < 4.78 is 12.0. The molecule has 2 atom stereocenters. The van der Waals surface area contributed by atoms with E-state index in [1.807, 2.05) is 34.5 Å². The molecule has 2 aliphatic heterocycles. The highest BCUT2D eigenvalue weighted by molar-refractivity contribution is 7.12. The van der Waals surface area contributed by atoms with Crippen LogP contribution in [0.3, 0.4) is 0 Å². The third-order valence-electron chi connectivity index (χ3n) is 7.16. The molecule has 2 aromatic heterocycles. The van der Waals surface area contributed by atoms with Gasteiger partial charge >= 0.3 is 0 Å². The number of rotatable bonds is 9. The van der Waals surface area contributed by atoms with Crippen molar-refractivity contribution in [1.82, 2.24) is 9.80 Å². The van der Waals surface area contributed by atoms with Crippen molar-refractivity contribution in [2.45, 2.75) is 51.2 Å². The quantitative estimate of drug-likeness (QED) is 0.348. The van der Waals surface area contributed by atoms with E-state index in [2.05, 4.69) is 37.4 Å².